The van der Waals surface area contributed by atoms with Crippen LogP contribution in [-0.2, 0) is 9.59 Å². The summed E-state index contributed by atoms with van der Waals surface area (Å²) in [5, 5.41) is 17.0. The highest BCUT2D eigenvalue weighted by molar-refractivity contribution is 5.86. The predicted octanol–water partition coefficient (Wildman–Crippen LogP) is 2.33. The van der Waals surface area contributed by atoms with E-state index in [0.29, 0.717) is 11.1 Å². The van der Waals surface area contributed by atoms with Crippen LogP contribution in [0.3, 0.4) is 0 Å². The van der Waals surface area contributed by atoms with Gasteiger partial charge in [-0.15, -0.1) is 0 Å². The molecule has 0 heterocycles. The third-order valence-corrected chi connectivity index (χ3v) is 2.96. The largest absolute Gasteiger partial charge is 0.478 e. The Balaban J connectivity index is 0. The van der Waals surface area contributed by atoms with Crippen LogP contribution >= 0.6 is 0 Å². The molecule has 0 aromatic carbocycles. The monoisotopic (exact) mass is 328 g/mol. The number of hydrogen-bond donors (Lipinski definition) is 2. The minimum absolute atomic E-state index is 0.423. The zero-order chi connectivity index (χ0) is 18.4. The van der Waals surface area contributed by atoms with E-state index in [0.717, 1.165) is 32.4 Å². The van der Waals surface area contributed by atoms with Gasteiger partial charge in [-0.1, -0.05) is 12.2 Å². The van der Waals surface area contributed by atoms with Gasteiger partial charge in [0.25, 0.3) is 0 Å². The Bertz CT molecular complexity index is 413. The predicted molar refractivity (Wildman–Crippen MR) is 93.7 cm³/mol. The molecule has 134 valence electrons. The van der Waals surface area contributed by atoms with Gasteiger partial charge >= 0.3 is 11.9 Å². The van der Waals surface area contributed by atoms with E-state index in [9.17, 15) is 9.59 Å². The van der Waals surface area contributed by atoms with Gasteiger partial charge in [0.1, 0.15) is 0 Å². The molecular weight excluding hydrogens is 296 g/mol. The van der Waals surface area contributed by atoms with E-state index in [1.54, 1.807) is 26.0 Å². The summed E-state index contributed by atoms with van der Waals surface area (Å²) in [5.41, 5.74) is 0.862. The molecule has 0 unspecified atom stereocenters. The van der Waals surface area contributed by atoms with Gasteiger partial charge in [0.15, 0.2) is 0 Å². The Morgan fingerprint density at radius 1 is 0.783 bits per heavy atom. The molecule has 0 aliphatic rings. The van der Waals surface area contributed by atoms with Crippen molar-refractivity contribution in [3.05, 3.63) is 23.3 Å². The fraction of sp³-hybridized carbons (Fsp3) is 0.647. The Kier molecular flexibility index (Phi) is 14.3. The van der Waals surface area contributed by atoms with Crippen molar-refractivity contribution >= 4 is 11.9 Å². The second kappa shape index (κ2) is 14.0. The van der Waals surface area contributed by atoms with Crippen molar-refractivity contribution in [2.75, 3.05) is 41.3 Å². The molecule has 0 saturated carbocycles. The van der Waals surface area contributed by atoms with E-state index in [1.807, 2.05) is 33.1 Å². The summed E-state index contributed by atoms with van der Waals surface area (Å²) in [6.07, 6.45) is 6.16. The van der Waals surface area contributed by atoms with Gasteiger partial charge < -0.3 is 20.0 Å². The lowest BCUT2D eigenvalue weighted by atomic mass is 10.2. The number of carboxylic acid groups (broad SMARTS) is 2. The van der Waals surface area contributed by atoms with Crippen LogP contribution in [0.2, 0.25) is 0 Å². The van der Waals surface area contributed by atoms with Crippen LogP contribution in [0.5, 0.6) is 0 Å². The highest BCUT2D eigenvalue weighted by Crippen LogP contribution is 1.99. The standard InChI is InChI=1S/C9H17NO2.C8H15NO2/c1-8(9(11)12)6-4-5-7-10(2)3;1-7(8(10)11)5-4-6-9(2)3/h6H,4-5,7H2,1-3H3,(H,11,12);5H,4,6H2,1-3H3,(H,10,11). The SMILES string of the molecule is CC(=CCCCN(C)C)C(=O)O.CC(=CCCN(C)C)C(=O)O. The maximum atomic E-state index is 10.3. The Hall–Kier alpha value is -1.66. The first-order chi connectivity index (χ1) is 10.6. The molecule has 2 N–H and O–H groups in total. The number of nitrogens with zero attached hydrogens (tertiary/aromatic N) is 2. The maximum Gasteiger partial charge on any atom is 0.330 e. The van der Waals surface area contributed by atoms with Crippen molar-refractivity contribution in [2.24, 2.45) is 0 Å². The molecule has 0 aromatic rings. The fourth-order valence-corrected chi connectivity index (χ4v) is 1.44. The van der Waals surface area contributed by atoms with Crippen molar-refractivity contribution in [2.45, 2.75) is 33.1 Å². The molecule has 0 bridgehead atoms. The number of hydrogen-bond acceptors (Lipinski definition) is 4. The average Bonchev–Trinajstić information content (AvgIpc) is 2.43. The molecule has 23 heavy (non-hydrogen) atoms. The smallest absolute Gasteiger partial charge is 0.330 e. The quantitative estimate of drug-likeness (QED) is 0.499. The Morgan fingerprint density at radius 2 is 1.17 bits per heavy atom. The van der Waals surface area contributed by atoms with E-state index in [-0.39, 0.29) is 0 Å². The van der Waals surface area contributed by atoms with Crippen molar-refractivity contribution in [1.82, 2.24) is 9.80 Å². The van der Waals surface area contributed by atoms with E-state index >= 15 is 0 Å². The summed E-state index contributed by atoms with van der Waals surface area (Å²) in [5.74, 6) is -1.65. The van der Waals surface area contributed by atoms with Crippen molar-refractivity contribution in [1.29, 1.82) is 0 Å². The minimum Gasteiger partial charge on any atom is -0.478 e. The molecule has 0 spiro atoms. The first kappa shape index (κ1) is 23.6. The normalized spacial score (nSPS) is 12.2. The van der Waals surface area contributed by atoms with Gasteiger partial charge in [0.2, 0.25) is 0 Å². The van der Waals surface area contributed by atoms with Gasteiger partial charge in [0, 0.05) is 17.7 Å². The lowest BCUT2D eigenvalue weighted by Crippen LogP contribution is -2.12. The molecule has 0 radical (unpaired) electrons. The van der Waals surface area contributed by atoms with Crippen molar-refractivity contribution in [3.63, 3.8) is 0 Å². The van der Waals surface area contributed by atoms with E-state index in [4.69, 9.17) is 10.2 Å². The molecule has 0 rings (SSSR count). The third kappa shape index (κ3) is 18.3. The van der Waals surface area contributed by atoms with Crippen LogP contribution in [0, 0.1) is 0 Å². The summed E-state index contributed by atoms with van der Waals surface area (Å²) in [4.78, 5) is 24.7. The first-order valence-corrected chi connectivity index (χ1v) is 7.67. The summed E-state index contributed by atoms with van der Waals surface area (Å²) in [7, 11) is 7.94. The van der Waals surface area contributed by atoms with Gasteiger partial charge in [-0.25, -0.2) is 9.59 Å². The molecule has 0 aliphatic heterocycles. The highest BCUT2D eigenvalue weighted by Gasteiger charge is 1.98. The molecule has 0 fully saturated rings. The topological polar surface area (TPSA) is 81.1 Å². The number of carboxylic acids is 2. The second-order valence-electron chi connectivity index (χ2n) is 5.92. The number of carbonyl (C=O) groups is 2. The van der Waals surface area contributed by atoms with E-state index < -0.39 is 11.9 Å². The lowest BCUT2D eigenvalue weighted by Gasteiger charge is -2.06. The van der Waals surface area contributed by atoms with Crippen LogP contribution in [-0.4, -0.2) is 73.2 Å². The number of allylic oxidation sites excluding steroid dienone is 1. The fourth-order valence-electron chi connectivity index (χ4n) is 1.44. The Morgan fingerprint density at radius 3 is 1.52 bits per heavy atom. The molecule has 0 atom stereocenters. The van der Waals surface area contributed by atoms with Gasteiger partial charge in [-0.05, 0) is 67.8 Å². The van der Waals surface area contributed by atoms with Crippen LogP contribution in [0.4, 0.5) is 0 Å². The number of aliphatic carboxylic acids is 2. The summed E-state index contributed by atoms with van der Waals surface area (Å²) in [6.45, 7) is 5.13. The van der Waals surface area contributed by atoms with Crippen LogP contribution < -0.4 is 0 Å². The number of rotatable bonds is 9. The summed E-state index contributed by atoms with van der Waals surface area (Å²) in [6, 6.07) is 0. The Labute approximate surface area is 140 Å². The number of unbranched alkanes of at least 4 members (excludes halogenated alkanes) is 1. The zero-order valence-electron chi connectivity index (χ0n) is 15.3. The molecule has 0 aromatic heterocycles. The average molecular weight is 328 g/mol. The van der Waals surface area contributed by atoms with E-state index in [1.165, 1.54) is 0 Å². The summed E-state index contributed by atoms with van der Waals surface area (Å²) < 4.78 is 0. The van der Waals surface area contributed by atoms with Crippen molar-refractivity contribution in [3.8, 4) is 0 Å². The first-order valence-electron chi connectivity index (χ1n) is 7.67. The molecule has 0 aliphatic carbocycles. The third-order valence-electron chi connectivity index (χ3n) is 2.96. The minimum atomic E-state index is -0.830. The maximum absolute atomic E-state index is 10.3. The highest BCUT2D eigenvalue weighted by atomic mass is 16.4. The van der Waals surface area contributed by atoms with Gasteiger partial charge in [-0.2, -0.15) is 0 Å². The molecule has 0 saturated heterocycles. The van der Waals surface area contributed by atoms with Crippen LogP contribution in [0.15, 0.2) is 23.3 Å². The second-order valence-corrected chi connectivity index (χ2v) is 5.92. The molecule has 6 heteroatoms. The van der Waals surface area contributed by atoms with Gasteiger partial charge in [0.05, 0.1) is 0 Å². The van der Waals surface area contributed by atoms with Gasteiger partial charge in [-0.3, -0.25) is 0 Å². The molecule has 6 nitrogen and oxygen atoms in total. The summed E-state index contributed by atoms with van der Waals surface area (Å²) >= 11 is 0. The van der Waals surface area contributed by atoms with E-state index in [2.05, 4.69) is 4.90 Å². The van der Waals surface area contributed by atoms with Crippen molar-refractivity contribution < 1.29 is 19.8 Å². The van der Waals surface area contributed by atoms with Crippen LogP contribution in [0.1, 0.15) is 33.1 Å². The molecular formula is C17H32N2O4. The van der Waals surface area contributed by atoms with Crippen LogP contribution in [0.25, 0.3) is 0 Å². The molecule has 0 amide bonds. The lowest BCUT2D eigenvalue weighted by molar-refractivity contribution is -0.133. The zero-order valence-corrected chi connectivity index (χ0v) is 15.3.